The number of nitrogen functional groups attached to an aromatic ring is 2. The molecule has 0 amide bonds. The maximum absolute atomic E-state index is 5.64. The first-order chi connectivity index (χ1) is 7.59. The van der Waals surface area contributed by atoms with Gasteiger partial charge >= 0.3 is 0 Å². The highest BCUT2D eigenvalue weighted by Crippen LogP contribution is 2.00. The Balaban J connectivity index is 2.14. The normalized spacial score (nSPS) is 10.8. The summed E-state index contributed by atoms with van der Waals surface area (Å²) in [5.41, 5.74) is 0. The van der Waals surface area contributed by atoms with Crippen LogP contribution in [0.25, 0.3) is 0 Å². The minimum Gasteiger partial charge on any atom is -0.335 e. The van der Waals surface area contributed by atoms with E-state index in [0.717, 1.165) is 0 Å². The van der Waals surface area contributed by atoms with Crippen molar-refractivity contribution in [3.63, 3.8) is 0 Å². The summed E-state index contributed by atoms with van der Waals surface area (Å²) in [6, 6.07) is 0. The second-order valence-electron chi connectivity index (χ2n) is 3.13. The van der Waals surface area contributed by atoms with Crippen molar-refractivity contribution < 1.29 is 0 Å². The summed E-state index contributed by atoms with van der Waals surface area (Å²) < 4.78 is 3.39. The molecule has 0 saturated carbocycles. The van der Waals surface area contributed by atoms with E-state index >= 15 is 0 Å². The Morgan fingerprint density at radius 2 is 1.31 bits per heavy atom. The van der Waals surface area contributed by atoms with Crippen molar-refractivity contribution in [2.45, 2.75) is 12.8 Å². The molecule has 0 aliphatic rings. The Bertz CT molecular complexity index is 546. The van der Waals surface area contributed by atoms with E-state index in [4.69, 9.17) is 36.1 Å². The van der Waals surface area contributed by atoms with Crippen LogP contribution in [0.3, 0.4) is 0 Å². The van der Waals surface area contributed by atoms with Crippen molar-refractivity contribution in [1.29, 1.82) is 0 Å². The van der Waals surface area contributed by atoms with Gasteiger partial charge in [-0.2, -0.15) is 10.2 Å². The SMILES string of the molecule is Nn1c(CCc2n[nH]c(=S)n2N)n[nH]c1=S. The van der Waals surface area contributed by atoms with Crippen LogP contribution in [-0.2, 0) is 12.8 Å². The maximum Gasteiger partial charge on any atom is 0.214 e. The summed E-state index contributed by atoms with van der Waals surface area (Å²) in [5.74, 6) is 12.6. The van der Waals surface area contributed by atoms with Gasteiger partial charge in [0.15, 0.2) is 11.6 Å². The van der Waals surface area contributed by atoms with Crippen molar-refractivity contribution >= 4 is 24.4 Å². The minimum absolute atomic E-state index is 0.376. The topological polar surface area (TPSA) is 119 Å². The standard InChI is InChI=1S/C6H10N8S2/c7-13-3(9-11-5(13)15)1-2-4-10-12-6(16)14(4)8/h1-2,7-8H2,(H,11,15)(H,12,16). The Kier molecular flexibility index (Phi) is 2.75. The van der Waals surface area contributed by atoms with E-state index in [1.54, 1.807) is 0 Å². The Morgan fingerprint density at radius 1 is 0.938 bits per heavy atom. The molecule has 6 N–H and O–H groups in total. The third kappa shape index (κ3) is 1.84. The number of rotatable bonds is 3. The van der Waals surface area contributed by atoms with Gasteiger partial charge in [-0.25, -0.2) is 9.35 Å². The van der Waals surface area contributed by atoms with Gasteiger partial charge in [0.2, 0.25) is 9.54 Å². The molecule has 0 saturated heterocycles. The van der Waals surface area contributed by atoms with E-state index in [2.05, 4.69) is 20.4 Å². The van der Waals surface area contributed by atoms with E-state index in [1.165, 1.54) is 9.35 Å². The molecule has 0 aliphatic carbocycles. The average Bonchev–Trinajstić information content (AvgIpc) is 2.74. The van der Waals surface area contributed by atoms with Crippen LogP contribution in [0.2, 0.25) is 0 Å². The van der Waals surface area contributed by atoms with Gasteiger partial charge in [0, 0.05) is 12.8 Å². The number of hydrogen-bond donors (Lipinski definition) is 4. The van der Waals surface area contributed by atoms with Gasteiger partial charge in [-0.15, -0.1) is 0 Å². The lowest BCUT2D eigenvalue weighted by molar-refractivity contribution is 0.742. The zero-order valence-corrected chi connectivity index (χ0v) is 9.81. The summed E-state index contributed by atoms with van der Waals surface area (Å²) in [7, 11) is 0. The summed E-state index contributed by atoms with van der Waals surface area (Å²) in [5, 5.41) is 13.1. The van der Waals surface area contributed by atoms with Gasteiger partial charge in [0.05, 0.1) is 0 Å². The van der Waals surface area contributed by atoms with Gasteiger partial charge in [-0.05, 0) is 24.4 Å². The van der Waals surface area contributed by atoms with Gasteiger partial charge < -0.3 is 11.7 Å². The van der Waals surface area contributed by atoms with Crippen molar-refractivity contribution in [2.75, 3.05) is 11.7 Å². The summed E-state index contributed by atoms with van der Waals surface area (Å²) >= 11 is 9.77. The largest absolute Gasteiger partial charge is 0.335 e. The van der Waals surface area contributed by atoms with Gasteiger partial charge in [0.25, 0.3) is 0 Å². The highest BCUT2D eigenvalue weighted by atomic mass is 32.1. The van der Waals surface area contributed by atoms with Crippen LogP contribution in [0.5, 0.6) is 0 Å². The number of aryl methyl sites for hydroxylation is 2. The predicted molar refractivity (Wildman–Crippen MR) is 62.5 cm³/mol. The van der Waals surface area contributed by atoms with E-state index in [9.17, 15) is 0 Å². The van der Waals surface area contributed by atoms with Crippen LogP contribution in [-0.4, -0.2) is 29.7 Å². The number of nitrogens with zero attached hydrogens (tertiary/aromatic N) is 4. The number of aromatic amines is 2. The van der Waals surface area contributed by atoms with E-state index in [-0.39, 0.29) is 0 Å². The number of nitrogens with two attached hydrogens (primary N) is 2. The van der Waals surface area contributed by atoms with Crippen molar-refractivity contribution in [2.24, 2.45) is 0 Å². The molecule has 0 atom stereocenters. The van der Waals surface area contributed by atoms with Crippen molar-refractivity contribution in [1.82, 2.24) is 29.7 Å². The lowest BCUT2D eigenvalue weighted by atomic mass is 10.3. The van der Waals surface area contributed by atoms with Crippen LogP contribution < -0.4 is 11.7 Å². The summed E-state index contributed by atoms with van der Waals surface area (Å²) in [6.07, 6.45) is 1.14. The third-order valence-electron chi connectivity index (χ3n) is 2.13. The number of H-pyrrole nitrogens is 2. The molecule has 2 heterocycles. The average molecular weight is 258 g/mol. The first kappa shape index (κ1) is 10.8. The van der Waals surface area contributed by atoms with E-state index in [0.29, 0.717) is 34.0 Å². The lowest BCUT2D eigenvalue weighted by Gasteiger charge is -2.00. The van der Waals surface area contributed by atoms with Crippen molar-refractivity contribution in [3.8, 4) is 0 Å². The fraction of sp³-hybridized carbons (Fsp3) is 0.333. The second-order valence-corrected chi connectivity index (χ2v) is 3.90. The smallest absolute Gasteiger partial charge is 0.214 e. The highest BCUT2D eigenvalue weighted by molar-refractivity contribution is 7.71. The molecule has 0 radical (unpaired) electrons. The van der Waals surface area contributed by atoms with Crippen LogP contribution >= 0.6 is 24.4 Å². The molecule has 0 aromatic carbocycles. The molecule has 86 valence electrons. The van der Waals surface area contributed by atoms with Gasteiger partial charge in [0.1, 0.15) is 0 Å². The molecular weight excluding hydrogens is 248 g/mol. The first-order valence-electron chi connectivity index (χ1n) is 4.42. The molecule has 0 aliphatic heterocycles. The first-order valence-corrected chi connectivity index (χ1v) is 5.24. The molecule has 0 spiro atoms. The molecule has 10 heteroatoms. The molecule has 0 fully saturated rings. The maximum atomic E-state index is 5.64. The molecule has 16 heavy (non-hydrogen) atoms. The third-order valence-corrected chi connectivity index (χ3v) is 2.70. The van der Waals surface area contributed by atoms with Crippen LogP contribution in [0.4, 0.5) is 0 Å². The quantitative estimate of drug-likeness (QED) is 0.431. The fourth-order valence-electron chi connectivity index (χ4n) is 1.25. The second kappa shape index (κ2) is 4.06. The molecular formula is C6H10N8S2. The molecule has 2 aromatic rings. The van der Waals surface area contributed by atoms with Gasteiger partial charge in [-0.3, -0.25) is 10.2 Å². The molecule has 2 rings (SSSR count). The van der Waals surface area contributed by atoms with Crippen LogP contribution in [0.15, 0.2) is 0 Å². The molecule has 0 bridgehead atoms. The van der Waals surface area contributed by atoms with E-state index in [1.807, 2.05) is 0 Å². The van der Waals surface area contributed by atoms with Crippen LogP contribution in [0.1, 0.15) is 11.6 Å². The predicted octanol–water partition coefficient (Wildman–Crippen LogP) is -0.592. The minimum atomic E-state index is 0.376. The zero-order valence-electron chi connectivity index (χ0n) is 8.17. The highest BCUT2D eigenvalue weighted by Gasteiger charge is 2.07. The van der Waals surface area contributed by atoms with Crippen LogP contribution in [0, 0.1) is 9.54 Å². The lowest BCUT2D eigenvalue weighted by Crippen LogP contribution is -2.16. The van der Waals surface area contributed by atoms with Gasteiger partial charge in [-0.1, -0.05) is 0 Å². The Morgan fingerprint density at radius 3 is 1.56 bits per heavy atom. The Labute approximate surface area is 100 Å². The Hall–Kier alpha value is -1.68. The molecule has 8 nitrogen and oxygen atoms in total. The molecule has 0 unspecified atom stereocenters. The van der Waals surface area contributed by atoms with E-state index < -0.39 is 0 Å². The number of hydrogen-bond acceptors (Lipinski definition) is 6. The number of nitrogens with one attached hydrogen (secondary N) is 2. The summed E-state index contributed by atoms with van der Waals surface area (Å²) in [4.78, 5) is 0. The number of aromatic nitrogens is 6. The van der Waals surface area contributed by atoms with Crippen molar-refractivity contribution in [3.05, 3.63) is 21.2 Å². The monoisotopic (exact) mass is 258 g/mol. The zero-order chi connectivity index (χ0) is 11.7. The molecule has 2 aromatic heterocycles. The summed E-state index contributed by atoms with van der Waals surface area (Å²) in [6.45, 7) is 0. The fourth-order valence-corrected chi connectivity index (χ4v) is 1.55.